The van der Waals surface area contributed by atoms with Gasteiger partial charge in [0.05, 0.1) is 22.4 Å². The number of fused-ring (bicyclic) bond motifs is 1. The topological polar surface area (TPSA) is 88.1 Å². The van der Waals surface area contributed by atoms with Gasteiger partial charge in [-0.25, -0.2) is 4.98 Å². The van der Waals surface area contributed by atoms with Crippen LogP contribution in [0, 0.1) is 0 Å². The summed E-state index contributed by atoms with van der Waals surface area (Å²) < 4.78 is 2.05. The number of aryl methyl sites for hydroxylation is 1. The van der Waals surface area contributed by atoms with Gasteiger partial charge in [-0.05, 0) is 30.3 Å². The van der Waals surface area contributed by atoms with Gasteiger partial charge >= 0.3 is 0 Å². The van der Waals surface area contributed by atoms with Crippen molar-refractivity contribution in [2.45, 2.75) is 12.8 Å². The summed E-state index contributed by atoms with van der Waals surface area (Å²) in [6.07, 6.45) is 1.54. The van der Waals surface area contributed by atoms with Crippen molar-refractivity contribution in [1.29, 1.82) is 0 Å². The zero-order valence-electron chi connectivity index (χ0n) is 14.7. The number of hydrogen-bond acceptors (Lipinski definition) is 4. The highest BCUT2D eigenvalue weighted by Crippen LogP contribution is 2.28. The molecule has 1 heterocycles. The maximum absolute atomic E-state index is 11.7. The lowest BCUT2D eigenvalue weighted by molar-refractivity contribution is -0.120. The van der Waals surface area contributed by atoms with Gasteiger partial charge in [-0.2, -0.15) is 0 Å². The molecule has 134 valence electrons. The second-order valence-corrected chi connectivity index (χ2v) is 5.77. The molecule has 0 fully saturated rings. The lowest BCUT2D eigenvalue weighted by Gasteiger charge is -2.14. The number of carbonyl (C=O) groups excluding carboxylic acids is 2. The van der Waals surface area contributed by atoms with E-state index in [1.54, 1.807) is 14.1 Å². The van der Waals surface area contributed by atoms with Gasteiger partial charge in [-0.1, -0.05) is 12.1 Å². The zero-order valence-corrected chi connectivity index (χ0v) is 14.7. The number of benzene rings is 2. The van der Waals surface area contributed by atoms with Crippen LogP contribution in [0.25, 0.3) is 16.7 Å². The lowest BCUT2D eigenvalue weighted by atomic mass is 10.2. The molecule has 7 nitrogen and oxygen atoms in total. The van der Waals surface area contributed by atoms with E-state index < -0.39 is 0 Å². The minimum absolute atomic E-state index is 0.0231. The van der Waals surface area contributed by atoms with E-state index in [4.69, 9.17) is 4.98 Å². The van der Waals surface area contributed by atoms with Gasteiger partial charge in [0.15, 0.2) is 0 Å². The van der Waals surface area contributed by atoms with Crippen LogP contribution in [0.5, 0.6) is 0 Å². The number of imidazole rings is 1. The molecule has 7 heteroatoms. The van der Waals surface area contributed by atoms with Crippen molar-refractivity contribution in [3.8, 4) is 5.69 Å². The number of amides is 2. The minimum atomic E-state index is -0.0231. The van der Waals surface area contributed by atoms with E-state index in [1.165, 1.54) is 0 Å². The van der Waals surface area contributed by atoms with Crippen LogP contribution in [0.4, 0.5) is 11.4 Å². The quantitative estimate of drug-likeness (QED) is 0.570. The van der Waals surface area contributed by atoms with Gasteiger partial charge in [-0.3, -0.25) is 14.2 Å². The molecule has 26 heavy (non-hydrogen) atoms. The molecule has 1 aromatic heterocycles. The number of nitrogens with one attached hydrogen (secondary N) is 3. The highest BCUT2D eigenvalue weighted by Gasteiger charge is 2.14. The first kappa shape index (κ1) is 17.5. The normalized spacial score (nSPS) is 10.5. The van der Waals surface area contributed by atoms with Crippen LogP contribution in [0.3, 0.4) is 0 Å². The molecular formula is C19H21N5O2. The molecule has 0 aliphatic carbocycles. The highest BCUT2D eigenvalue weighted by molar-refractivity contribution is 5.84. The first-order valence-electron chi connectivity index (χ1n) is 8.37. The molecule has 0 unspecified atom stereocenters. The Morgan fingerprint density at radius 3 is 2.69 bits per heavy atom. The predicted octanol–water partition coefficient (Wildman–Crippen LogP) is 2.31. The zero-order chi connectivity index (χ0) is 18.5. The summed E-state index contributed by atoms with van der Waals surface area (Å²) in [7, 11) is 3.43. The number of aromatic nitrogens is 2. The maximum atomic E-state index is 11.7. The monoisotopic (exact) mass is 351 g/mol. The summed E-state index contributed by atoms with van der Waals surface area (Å²) >= 11 is 0. The molecule has 0 saturated heterocycles. The Morgan fingerprint density at radius 1 is 1.15 bits per heavy atom. The van der Waals surface area contributed by atoms with E-state index in [1.807, 2.05) is 47.0 Å². The Hall–Kier alpha value is -3.35. The SMILES string of the molecule is CNC(=O)CCc1nc2ccccc2n1-c1ccc(NC=O)c(NC)c1. The smallest absolute Gasteiger partial charge is 0.220 e. The van der Waals surface area contributed by atoms with Gasteiger partial charge in [0.25, 0.3) is 0 Å². The van der Waals surface area contributed by atoms with Crippen LogP contribution in [0.2, 0.25) is 0 Å². The third kappa shape index (κ3) is 3.37. The van der Waals surface area contributed by atoms with Crippen molar-refractivity contribution in [3.05, 3.63) is 48.3 Å². The molecule has 0 radical (unpaired) electrons. The Kier molecular flexibility index (Phi) is 5.17. The first-order valence-corrected chi connectivity index (χ1v) is 8.37. The van der Waals surface area contributed by atoms with Crippen molar-refractivity contribution in [3.63, 3.8) is 0 Å². The van der Waals surface area contributed by atoms with Gasteiger partial charge in [-0.15, -0.1) is 0 Å². The summed E-state index contributed by atoms with van der Waals surface area (Å²) in [5, 5.41) is 8.41. The summed E-state index contributed by atoms with van der Waals surface area (Å²) in [6, 6.07) is 13.6. The van der Waals surface area contributed by atoms with Crippen LogP contribution >= 0.6 is 0 Å². The van der Waals surface area contributed by atoms with Gasteiger partial charge < -0.3 is 16.0 Å². The molecule has 2 amide bonds. The fourth-order valence-corrected chi connectivity index (χ4v) is 2.95. The Bertz CT molecular complexity index is 948. The maximum Gasteiger partial charge on any atom is 0.220 e. The van der Waals surface area contributed by atoms with E-state index in [9.17, 15) is 9.59 Å². The Labute approximate surface area is 151 Å². The lowest BCUT2D eigenvalue weighted by Crippen LogP contribution is -2.18. The molecule has 0 aliphatic heterocycles. The predicted molar refractivity (Wildman–Crippen MR) is 103 cm³/mol. The molecule has 0 saturated carbocycles. The Morgan fingerprint density at radius 2 is 1.96 bits per heavy atom. The van der Waals surface area contributed by atoms with Gasteiger partial charge in [0, 0.05) is 32.6 Å². The molecule has 2 aromatic carbocycles. The number of para-hydroxylation sites is 2. The largest absolute Gasteiger partial charge is 0.386 e. The molecule has 3 rings (SSSR count). The van der Waals surface area contributed by atoms with Crippen molar-refractivity contribution in [1.82, 2.24) is 14.9 Å². The molecule has 0 bridgehead atoms. The molecule has 0 atom stereocenters. The highest BCUT2D eigenvalue weighted by atomic mass is 16.1. The molecule has 3 N–H and O–H groups in total. The molecule has 0 spiro atoms. The van der Waals surface area contributed by atoms with E-state index in [0.29, 0.717) is 24.9 Å². The van der Waals surface area contributed by atoms with E-state index in [2.05, 4.69) is 16.0 Å². The standard InChI is InChI=1S/C19H21N5O2/c1-20-16-11-13(7-8-14(16)22-12-25)24-17-6-4-3-5-15(17)23-18(24)9-10-19(26)21-2/h3-8,11-12,20H,9-10H2,1-2H3,(H,21,26)(H,22,25). The number of carbonyl (C=O) groups is 2. The second kappa shape index (κ2) is 7.69. The summed E-state index contributed by atoms with van der Waals surface area (Å²) in [4.78, 5) is 27.1. The second-order valence-electron chi connectivity index (χ2n) is 5.77. The third-order valence-electron chi connectivity index (χ3n) is 4.23. The fraction of sp³-hybridized carbons (Fsp3) is 0.211. The first-order chi connectivity index (χ1) is 12.7. The summed E-state index contributed by atoms with van der Waals surface area (Å²) in [5.41, 5.74) is 4.25. The van der Waals surface area contributed by atoms with Crippen LogP contribution in [0.1, 0.15) is 12.2 Å². The average molecular weight is 351 g/mol. The summed E-state index contributed by atoms with van der Waals surface area (Å²) in [6.45, 7) is 0. The summed E-state index contributed by atoms with van der Waals surface area (Å²) in [5.74, 6) is 0.790. The number of nitrogens with zero attached hydrogens (tertiary/aromatic N) is 2. The van der Waals surface area contributed by atoms with E-state index >= 15 is 0 Å². The molecule has 3 aromatic rings. The van der Waals surface area contributed by atoms with Crippen molar-refractivity contribution >= 4 is 34.7 Å². The van der Waals surface area contributed by atoms with Crippen LogP contribution in [0.15, 0.2) is 42.5 Å². The number of hydrogen-bond donors (Lipinski definition) is 3. The Balaban J connectivity index is 2.10. The van der Waals surface area contributed by atoms with Crippen molar-refractivity contribution in [2.24, 2.45) is 0 Å². The van der Waals surface area contributed by atoms with E-state index in [0.717, 1.165) is 28.2 Å². The van der Waals surface area contributed by atoms with E-state index in [-0.39, 0.29) is 5.91 Å². The third-order valence-corrected chi connectivity index (χ3v) is 4.23. The van der Waals surface area contributed by atoms with Crippen LogP contribution < -0.4 is 16.0 Å². The van der Waals surface area contributed by atoms with Crippen LogP contribution in [-0.4, -0.2) is 36.0 Å². The fourth-order valence-electron chi connectivity index (χ4n) is 2.95. The van der Waals surface area contributed by atoms with Gasteiger partial charge in [0.1, 0.15) is 5.82 Å². The number of anilines is 2. The van der Waals surface area contributed by atoms with Crippen LogP contribution in [-0.2, 0) is 16.0 Å². The van der Waals surface area contributed by atoms with Crippen molar-refractivity contribution in [2.75, 3.05) is 24.7 Å². The molecular weight excluding hydrogens is 330 g/mol. The minimum Gasteiger partial charge on any atom is -0.386 e. The molecule has 0 aliphatic rings. The number of rotatable bonds is 7. The van der Waals surface area contributed by atoms with Crippen molar-refractivity contribution < 1.29 is 9.59 Å². The average Bonchev–Trinajstić information content (AvgIpc) is 3.05. The van der Waals surface area contributed by atoms with Gasteiger partial charge in [0.2, 0.25) is 12.3 Å².